The molecule has 1 aromatic heterocycles. The molecule has 0 aromatic carbocycles. The third-order valence-corrected chi connectivity index (χ3v) is 5.02. The van der Waals surface area contributed by atoms with Crippen molar-refractivity contribution in [2.45, 2.75) is 45.8 Å². The Kier molecular flexibility index (Phi) is 5.52. The smallest absolute Gasteiger partial charge is 0.400 e. The molecule has 0 atom stereocenters. The topological polar surface area (TPSA) is 48.4 Å². The lowest BCUT2D eigenvalue weighted by Crippen LogP contribution is -2.41. The largest absolute Gasteiger partial charge is 0.491 e. The summed E-state index contributed by atoms with van der Waals surface area (Å²) in [7, 11) is -0.693. The Balaban J connectivity index is 2.35. The average molecular weight is 355 g/mol. The second-order valence-corrected chi connectivity index (χ2v) is 7.79. The Hall–Kier alpha value is -1.25. The van der Waals surface area contributed by atoms with Gasteiger partial charge < -0.3 is 9.31 Å². The van der Waals surface area contributed by atoms with Crippen LogP contribution in [0.4, 0.5) is 8.78 Å². The minimum absolute atomic E-state index is 0.0653. The van der Waals surface area contributed by atoms with Gasteiger partial charge in [-0.3, -0.25) is 4.79 Å². The Morgan fingerprint density at radius 1 is 1.21 bits per heavy atom. The number of aromatic nitrogens is 1. The molecular formula is C16H20BF2NO3S. The second-order valence-electron chi connectivity index (χ2n) is 6.63. The monoisotopic (exact) mass is 355 g/mol. The number of carbonyl (C=O) groups is 1. The summed E-state index contributed by atoms with van der Waals surface area (Å²) < 4.78 is 38.6. The highest BCUT2D eigenvalue weighted by Gasteiger charge is 2.52. The normalized spacial score (nSPS) is 19.6. The molecule has 8 heteroatoms. The first kappa shape index (κ1) is 19.1. The van der Waals surface area contributed by atoms with Crippen LogP contribution < -0.4 is 0 Å². The summed E-state index contributed by atoms with van der Waals surface area (Å²) in [5, 5.41) is -0.0653. The maximum Gasteiger partial charge on any atom is 0.491 e. The zero-order valence-corrected chi connectivity index (χ0v) is 15.2. The SMILES string of the molecule is CC(=O)SCC(=Cc1cc(F)nc(F)c1)B1OC(C)(C)C(C)(C)O1. The molecule has 0 aliphatic carbocycles. The van der Waals surface area contributed by atoms with Crippen LogP contribution in [0.25, 0.3) is 6.08 Å². The van der Waals surface area contributed by atoms with Crippen molar-refractivity contribution in [3.8, 4) is 0 Å². The standard InChI is InChI=1S/C16H20BF2NO3S/c1-10(21)24-9-12(6-11-7-13(18)20-14(19)8-11)17-22-15(2,3)16(4,5)23-17/h6-8H,9H2,1-5H3. The summed E-state index contributed by atoms with van der Waals surface area (Å²) in [6.45, 7) is 9.10. The predicted octanol–water partition coefficient (Wildman–Crippen LogP) is 3.65. The highest BCUT2D eigenvalue weighted by Crippen LogP contribution is 2.39. The van der Waals surface area contributed by atoms with Crippen LogP contribution in [0.5, 0.6) is 0 Å². The van der Waals surface area contributed by atoms with E-state index in [1.54, 1.807) is 6.08 Å². The lowest BCUT2D eigenvalue weighted by molar-refractivity contribution is -0.109. The van der Waals surface area contributed by atoms with Gasteiger partial charge in [-0.05, 0) is 38.7 Å². The molecule has 0 N–H and O–H groups in total. The summed E-state index contributed by atoms with van der Waals surface area (Å²) in [5.41, 5.74) is -0.175. The van der Waals surface area contributed by atoms with E-state index in [4.69, 9.17) is 9.31 Å². The summed E-state index contributed by atoms with van der Waals surface area (Å²) in [6, 6.07) is 2.24. The van der Waals surface area contributed by atoms with Crippen molar-refractivity contribution in [1.82, 2.24) is 4.98 Å². The van der Waals surface area contributed by atoms with Crippen molar-refractivity contribution in [3.05, 3.63) is 35.1 Å². The third-order valence-electron chi connectivity index (χ3n) is 4.14. The first-order valence-electron chi connectivity index (χ1n) is 7.53. The van der Waals surface area contributed by atoms with Crippen molar-refractivity contribution in [2.24, 2.45) is 0 Å². The van der Waals surface area contributed by atoms with E-state index < -0.39 is 30.2 Å². The van der Waals surface area contributed by atoms with Crippen LogP contribution in [-0.4, -0.2) is 34.2 Å². The zero-order chi connectivity index (χ0) is 18.1. The Labute approximate surface area is 145 Å². The summed E-state index contributed by atoms with van der Waals surface area (Å²) in [4.78, 5) is 14.4. The van der Waals surface area contributed by atoms with Gasteiger partial charge in [-0.25, -0.2) is 0 Å². The molecule has 130 valence electrons. The number of halogens is 2. The summed E-state index contributed by atoms with van der Waals surface area (Å²) in [5.74, 6) is -1.51. The average Bonchev–Trinajstić information content (AvgIpc) is 2.62. The van der Waals surface area contributed by atoms with Gasteiger partial charge in [-0.1, -0.05) is 17.8 Å². The molecule has 2 heterocycles. The van der Waals surface area contributed by atoms with E-state index in [1.807, 2.05) is 27.7 Å². The fraction of sp³-hybridized carbons (Fsp3) is 0.500. The molecule has 1 saturated heterocycles. The molecule has 0 bridgehead atoms. The molecule has 4 nitrogen and oxygen atoms in total. The first-order valence-corrected chi connectivity index (χ1v) is 8.51. The maximum atomic E-state index is 13.3. The van der Waals surface area contributed by atoms with Gasteiger partial charge in [-0.2, -0.15) is 13.8 Å². The van der Waals surface area contributed by atoms with Crippen molar-refractivity contribution in [3.63, 3.8) is 0 Å². The molecule has 2 rings (SSSR count). The van der Waals surface area contributed by atoms with Gasteiger partial charge in [0.25, 0.3) is 0 Å². The van der Waals surface area contributed by atoms with Crippen LogP contribution in [0.2, 0.25) is 0 Å². The Bertz CT molecular complexity index is 643. The van der Waals surface area contributed by atoms with Crippen LogP contribution in [0, 0.1) is 11.9 Å². The summed E-state index contributed by atoms with van der Waals surface area (Å²) in [6.07, 6.45) is 1.58. The van der Waals surface area contributed by atoms with Crippen LogP contribution in [0.3, 0.4) is 0 Å². The molecule has 0 amide bonds. The van der Waals surface area contributed by atoms with E-state index in [0.717, 1.165) is 23.9 Å². The molecule has 0 radical (unpaired) electrons. The Morgan fingerprint density at radius 2 is 1.71 bits per heavy atom. The minimum Gasteiger partial charge on any atom is -0.400 e. The van der Waals surface area contributed by atoms with Crippen LogP contribution in [-0.2, 0) is 14.1 Å². The van der Waals surface area contributed by atoms with Crippen molar-refractivity contribution in [2.75, 3.05) is 5.75 Å². The highest BCUT2D eigenvalue weighted by molar-refractivity contribution is 8.13. The van der Waals surface area contributed by atoms with Gasteiger partial charge >= 0.3 is 7.12 Å². The van der Waals surface area contributed by atoms with Crippen molar-refractivity contribution in [1.29, 1.82) is 0 Å². The van der Waals surface area contributed by atoms with E-state index in [0.29, 0.717) is 16.8 Å². The first-order chi connectivity index (χ1) is 11.0. The number of thioether (sulfide) groups is 1. The van der Waals surface area contributed by atoms with Crippen LogP contribution in [0.15, 0.2) is 17.6 Å². The molecule has 1 aromatic rings. The minimum atomic E-state index is -0.909. The number of nitrogens with zero attached hydrogens (tertiary/aromatic N) is 1. The van der Waals surface area contributed by atoms with Gasteiger partial charge in [0.05, 0.1) is 11.2 Å². The van der Waals surface area contributed by atoms with Crippen LogP contribution in [0.1, 0.15) is 40.2 Å². The van der Waals surface area contributed by atoms with Gasteiger partial charge in [0, 0.05) is 24.8 Å². The molecule has 0 unspecified atom stereocenters. The zero-order valence-electron chi connectivity index (χ0n) is 14.4. The number of hydrogen-bond donors (Lipinski definition) is 0. The lowest BCUT2D eigenvalue weighted by Gasteiger charge is -2.32. The number of pyridine rings is 1. The maximum absolute atomic E-state index is 13.3. The molecule has 0 spiro atoms. The predicted molar refractivity (Wildman–Crippen MR) is 91.4 cm³/mol. The van der Waals surface area contributed by atoms with Gasteiger partial charge in [0.15, 0.2) is 5.12 Å². The van der Waals surface area contributed by atoms with Gasteiger partial charge in [-0.15, -0.1) is 0 Å². The second kappa shape index (κ2) is 6.94. The fourth-order valence-corrected chi connectivity index (χ4v) is 2.73. The molecule has 1 fully saturated rings. The van der Waals surface area contributed by atoms with E-state index in [-0.39, 0.29) is 5.12 Å². The van der Waals surface area contributed by atoms with E-state index in [2.05, 4.69) is 4.98 Å². The van der Waals surface area contributed by atoms with Crippen molar-refractivity contribution < 1.29 is 22.9 Å². The highest BCUT2D eigenvalue weighted by atomic mass is 32.2. The lowest BCUT2D eigenvalue weighted by atomic mass is 9.78. The number of rotatable bonds is 4. The number of hydrogen-bond acceptors (Lipinski definition) is 5. The van der Waals surface area contributed by atoms with Crippen LogP contribution >= 0.6 is 11.8 Å². The molecule has 0 saturated carbocycles. The van der Waals surface area contributed by atoms with E-state index >= 15 is 0 Å². The third kappa shape index (κ3) is 4.43. The molecular weight excluding hydrogens is 335 g/mol. The molecule has 1 aliphatic heterocycles. The number of carbonyl (C=O) groups excluding carboxylic acids is 1. The van der Waals surface area contributed by atoms with E-state index in [1.165, 1.54) is 6.92 Å². The Morgan fingerprint density at radius 3 is 2.17 bits per heavy atom. The molecule has 24 heavy (non-hydrogen) atoms. The van der Waals surface area contributed by atoms with Crippen molar-refractivity contribution >= 4 is 30.1 Å². The van der Waals surface area contributed by atoms with Gasteiger partial charge in [0.2, 0.25) is 11.9 Å². The summed E-state index contributed by atoms with van der Waals surface area (Å²) >= 11 is 1.08. The quantitative estimate of drug-likeness (QED) is 0.610. The van der Waals surface area contributed by atoms with Gasteiger partial charge in [0.1, 0.15) is 0 Å². The fourth-order valence-electron chi connectivity index (χ4n) is 2.14. The van der Waals surface area contributed by atoms with E-state index in [9.17, 15) is 13.6 Å². The molecule has 1 aliphatic rings.